The van der Waals surface area contributed by atoms with Crippen molar-refractivity contribution in [3.8, 4) is 0 Å². The highest BCUT2D eigenvalue weighted by Crippen LogP contribution is 2.55. The summed E-state index contributed by atoms with van der Waals surface area (Å²) in [5.74, 6) is 3.28. The van der Waals surface area contributed by atoms with Gasteiger partial charge in [0, 0.05) is 58.2 Å². The van der Waals surface area contributed by atoms with E-state index in [9.17, 15) is 0 Å². The highest BCUT2D eigenvalue weighted by atomic mass is 15.2. The predicted molar refractivity (Wildman–Crippen MR) is 294 cm³/mol. The Morgan fingerprint density at radius 2 is 1.47 bits per heavy atom. The Bertz CT molecular complexity index is 2890. The molecule has 0 aromatic carbocycles. The maximum absolute atomic E-state index is 4.13. The molecule has 0 radical (unpaired) electrons. The molecule has 11 unspecified atom stereocenters. The first kappa shape index (κ1) is 44.8. The molecule has 1 fully saturated rings. The second kappa shape index (κ2) is 18.8. The molecule has 1 N–H and O–H groups in total. The van der Waals surface area contributed by atoms with E-state index in [0.717, 1.165) is 38.5 Å². The number of likely N-dealkylation sites (tertiary alicyclic amines) is 1. The summed E-state index contributed by atoms with van der Waals surface area (Å²) in [6, 6.07) is 1.48. The second-order valence-electron chi connectivity index (χ2n) is 23.8. The van der Waals surface area contributed by atoms with Gasteiger partial charge in [0.25, 0.3) is 0 Å². The fraction of sp³-hybridized carbons (Fsp3) is 0.463. The number of piperidine rings is 1. The Labute approximate surface area is 419 Å². The number of hydrogen-bond acceptors (Lipinski definition) is 2. The number of nitrogens with zero attached hydrogens (tertiary/aromatic N) is 2. The van der Waals surface area contributed by atoms with Gasteiger partial charge in [-0.2, -0.15) is 0 Å². The summed E-state index contributed by atoms with van der Waals surface area (Å²) >= 11 is 0. The van der Waals surface area contributed by atoms with Crippen LogP contribution < -0.4 is 15.9 Å². The Balaban J connectivity index is 0.858. The molecule has 0 amide bonds. The first-order valence-electron chi connectivity index (χ1n) is 28.3. The number of rotatable bonds is 8. The highest BCUT2D eigenvalue weighted by molar-refractivity contribution is 5.59. The van der Waals surface area contributed by atoms with Gasteiger partial charge in [-0.15, -0.1) is 0 Å². The van der Waals surface area contributed by atoms with Gasteiger partial charge in [0.1, 0.15) is 0 Å². The van der Waals surface area contributed by atoms with Crippen molar-refractivity contribution in [2.45, 2.75) is 147 Å². The summed E-state index contributed by atoms with van der Waals surface area (Å²) in [7, 11) is 0. The van der Waals surface area contributed by atoms with Crippen molar-refractivity contribution in [3.63, 3.8) is 0 Å². The standard InChI is InChI=1S/C67H77N3/c1-67(2)60-43-51(49-30-35-62(68-54-21-11-5-12-22-54)58(41-49)47-19-9-4-10-20-47)32-37-65(60)70(56-34-29-46-27-28-48(39-53(46)40-56)45-17-7-3-8-18-45)66-38-33-52(44-61(66)67)50-31-36-64-59(42-50)57-25-15-16-26-63(57)69(64)55-23-13-6-14-24-55/h3-5,7-9,11,17,19,23,27-30,32-38,41-45,48,50,53-54,58,60-62,65-66,68H,6,10,12-16,18,20-22,24-26,31,39-40H2,1-2H3. The van der Waals surface area contributed by atoms with Crippen LogP contribution in [0, 0.1) is 46.8 Å². The number of aromatic nitrogens is 1. The van der Waals surface area contributed by atoms with Gasteiger partial charge in [0.15, 0.2) is 0 Å². The fourth-order valence-electron chi connectivity index (χ4n) is 15.5. The van der Waals surface area contributed by atoms with E-state index >= 15 is 0 Å². The van der Waals surface area contributed by atoms with Crippen LogP contribution in [-0.4, -0.2) is 33.6 Å². The highest BCUT2D eigenvalue weighted by Gasteiger charge is 2.53. The van der Waals surface area contributed by atoms with Crippen molar-refractivity contribution in [1.82, 2.24) is 14.8 Å². The van der Waals surface area contributed by atoms with Crippen LogP contribution in [0.3, 0.4) is 0 Å². The molecule has 11 aliphatic carbocycles. The summed E-state index contributed by atoms with van der Waals surface area (Å²) in [6.45, 7) is 5.26. The van der Waals surface area contributed by atoms with Crippen LogP contribution in [-0.2, 0) is 12.8 Å². The van der Waals surface area contributed by atoms with Crippen molar-refractivity contribution in [2.75, 3.05) is 0 Å². The lowest BCUT2D eigenvalue weighted by atomic mass is 9.57. The van der Waals surface area contributed by atoms with E-state index < -0.39 is 0 Å². The first-order chi connectivity index (χ1) is 34.4. The van der Waals surface area contributed by atoms with Gasteiger partial charge in [-0.05, 0) is 171 Å². The molecule has 3 nitrogen and oxygen atoms in total. The molecule has 70 heavy (non-hydrogen) atoms. The van der Waals surface area contributed by atoms with Gasteiger partial charge in [0.2, 0.25) is 0 Å². The van der Waals surface area contributed by atoms with Crippen LogP contribution in [0.25, 0.3) is 17.8 Å². The Morgan fingerprint density at radius 3 is 2.31 bits per heavy atom. The quantitative estimate of drug-likeness (QED) is 0.262. The van der Waals surface area contributed by atoms with Crippen molar-refractivity contribution in [2.24, 2.45) is 46.8 Å². The van der Waals surface area contributed by atoms with Crippen LogP contribution in [0.5, 0.6) is 0 Å². The Morgan fingerprint density at radius 1 is 0.614 bits per heavy atom. The molecule has 1 aromatic rings. The summed E-state index contributed by atoms with van der Waals surface area (Å²) in [4.78, 5) is 2.94. The SMILES string of the molecule is CC1(C)C2C=C(C3=CC(C4=CC=CCC4)C(NC4CC=CCC4)C=C3)C=CC2N(C2=CC=C3C=CC(C4C=CC=CC4)CC3C2)C2C=CC(C3C=c4c5c(n(C6=CCCCC6)c4=CC3)CCCC5)=CC21. The minimum Gasteiger partial charge on any atom is -0.361 e. The zero-order valence-electron chi connectivity index (χ0n) is 42.2. The lowest BCUT2D eigenvalue weighted by Gasteiger charge is -2.59. The van der Waals surface area contributed by atoms with Gasteiger partial charge < -0.3 is 14.8 Å². The second-order valence-corrected chi connectivity index (χ2v) is 23.8. The third-order valence-corrected chi connectivity index (χ3v) is 19.4. The zero-order valence-corrected chi connectivity index (χ0v) is 42.2. The van der Waals surface area contributed by atoms with Crippen molar-refractivity contribution in [3.05, 3.63) is 195 Å². The van der Waals surface area contributed by atoms with E-state index in [0.29, 0.717) is 65.6 Å². The number of allylic oxidation sites excluding steroid dienone is 22. The van der Waals surface area contributed by atoms with Crippen LogP contribution in [0.1, 0.15) is 121 Å². The van der Waals surface area contributed by atoms with Crippen LogP contribution in [0.2, 0.25) is 0 Å². The molecule has 0 spiro atoms. The van der Waals surface area contributed by atoms with Gasteiger partial charge in [-0.25, -0.2) is 0 Å². The average molecular weight is 924 g/mol. The largest absolute Gasteiger partial charge is 0.361 e. The molecule has 11 atom stereocenters. The number of fused-ring (bicyclic) bond motifs is 6. The first-order valence-corrected chi connectivity index (χ1v) is 28.3. The topological polar surface area (TPSA) is 20.2 Å². The Hall–Kier alpha value is -5.12. The monoisotopic (exact) mass is 924 g/mol. The van der Waals surface area contributed by atoms with Crippen molar-refractivity contribution >= 4 is 17.8 Å². The molecule has 0 bridgehead atoms. The van der Waals surface area contributed by atoms with Crippen LogP contribution in [0.15, 0.2) is 173 Å². The molecule has 0 saturated carbocycles. The third-order valence-electron chi connectivity index (χ3n) is 19.4. The number of nitrogens with one attached hydrogen (secondary N) is 1. The summed E-state index contributed by atoms with van der Waals surface area (Å²) in [5, 5.41) is 7.21. The lowest BCUT2D eigenvalue weighted by molar-refractivity contribution is -0.00396. The molecule has 360 valence electrons. The molecular formula is C67H77N3. The van der Waals surface area contributed by atoms with E-state index in [2.05, 4.69) is 181 Å². The molecule has 1 aliphatic heterocycles. The summed E-state index contributed by atoms with van der Waals surface area (Å²) < 4.78 is 2.75. The van der Waals surface area contributed by atoms with Gasteiger partial charge >= 0.3 is 0 Å². The molecular weight excluding hydrogens is 847 g/mol. The molecule has 1 saturated heterocycles. The van der Waals surface area contributed by atoms with E-state index in [1.165, 1.54) is 104 Å². The predicted octanol–water partition coefficient (Wildman–Crippen LogP) is 13.7. The normalized spacial score (nSPS) is 35.5. The fourth-order valence-corrected chi connectivity index (χ4v) is 15.5. The van der Waals surface area contributed by atoms with E-state index in [4.69, 9.17) is 0 Å². The molecule has 2 heterocycles. The minimum atomic E-state index is 0.0285. The molecule has 3 heteroatoms. The van der Waals surface area contributed by atoms with Gasteiger partial charge in [0.05, 0.1) is 12.1 Å². The molecule has 12 aliphatic rings. The molecule has 1 aromatic heterocycles. The lowest BCUT2D eigenvalue weighted by Crippen LogP contribution is -2.61. The van der Waals surface area contributed by atoms with E-state index in [1.807, 2.05) is 0 Å². The van der Waals surface area contributed by atoms with Gasteiger partial charge in [-0.1, -0.05) is 165 Å². The van der Waals surface area contributed by atoms with Gasteiger partial charge in [-0.3, -0.25) is 0 Å². The zero-order chi connectivity index (χ0) is 46.8. The molecule has 13 rings (SSSR count). The van der Waals surface area contributed by atoms with Crippen molar-refractivity contribution in [1.29, 1.82) is 0 Å². The van der Waals surface area contributed by atoms with E-state index in [1.54, 1.807) is 27.7 Å². The van der Waals surface area contributed by atoms with Crippen LogP contribution in [0.4, 0.5) is 0 Å². The maximum atomic E-state index is 4.13. The third kappa shape index (κ3) is 8.15. The minimum absolute atomic E-state index is 0.0285. The van der Waals surface area contributed by atoms with Crippen molar-refractivity contribution < 1.29 is 0 Å². The Kier molecular flexibility index (Phi) is 12.0. The summed E-state index contributed by atoms with van der Waals surface area (Å²) in [6.07, 6.45) is 83.4. The summed E-state index contributed by atoms with van der Waals surface area (Å²) in [5.41, 5.74) is 13.9. The van der Waals surface area contributed by atoms with Crippen LogP contribution >= 0.6 is 0 Å². The maximum Gasteiger partial charge on any atom is 0.0548 e. The van der Waals surface area contributed by atoms with E-state index in [-0.39, 0.29) is 5.41 Å². The average Bonchev–Trinajstić information content (AvgIpc) is 3.75. The smallest absolute Gasteiger partial charge is 0.0548 e. The number of hydrogen-bond donors (Lipinski definition) is 1.